The molecule has 0 saturated heterocycles. The van der Waals surface area contributed by atoms with Gasteiger partial charge in [0.05, 0.1) is 22.1 Å². The fourth-order valence-corrected chi connectivity index (χ4v) is 3.26. The Morgan fingerprint density at radius 2 is 2.21 bits per heavy atom. The van der Waals surface area contributed by atoms with Crippen molar-refractivity contribution in [3.8, 4) is 0 Å². The van der Waals surface area contributed by atoms with Crippen LogP contribution in [-0.4, -0.2) is 13.4 Å². The number of nitrogens with zero attached hydrogens (tertiary/aromatic N) is 1. The van der Waals surface area contributed by atoms with E-state index in [0.29, 0.717) is 6.54 Å². The number of aromatic nitrogens is 1. The highest BCUT2D eigenvalue weighted by Gasteiger charge is 2.14. The minimum atomic E-state index is -3.52. The highest BCUT2D eigenvalue weighted by atomic mass is 32.2. The second-order valence-corrected chi connectivity index (χ2v) is 6.86. The van der Waals surface area contributed by atoms with E-state index < -0.39 is 10.0 Å². The molecule has 0 fully saturated rings. The average Bonchev–Trinajstić information content (AvgIpc) is 2.82. The molecule has 0 aliphatic heterocycles. The van der Waals surface area contributed by atoms with Gasteiger partial charge in [0.1, 0.15) is 0 Å². The van der Waals surface area contributed by atoms with Crippen LogP contribution in [0.15, 0.2) is 34.5 Å². The fourth-order valence-electron chi connectivity index (χ4n) is 1.58. The van der Waals surface area contributed by atoms with E-state index in [2.05, 4.69) is 9.71 Å². The van der Waals surface area contributed by atoms with Crippen LogP contribution in [0.2, 0.25) is 0 Å². The molecule has 0 atom stereocenters. The van der Waals surface area contributed by atoms with Crippen LogP contribution in [0.5, 0.6) is 0 Å². The van der Waals surface area contributed by atoms with Gasteiger partial charge >= 0.3 is 0 Å². The van der Waals surface area contributed by atoms with Crippen LogP contribution >= 0.6 is 11.3 Å². The first-order chi connectivity index (χ1) is 9.01. The Kier molecular flexibility index (Phi) is 4.31. The van der Waals surface area contributed by atoms with E-state index in [1.54, 1.807) is 24.3 Å². The maximum Gasteiger partial charge on any atom is 0.240 e. The summed E-state index contributed by atoms with van der Waals surface area (Å²) >= 11 is 1.49. The van der Waals surface area contributed by atoms with Gasteiger partial charge in [0.2, 0.25) is 10.0 Å². The van der Waals surface area contributed by atoms with Crippen molar-refractivity contribution in [1.29, 1.82) is 0 Å². The Balaban J connectivity index is 2.13. The second-order valence-electron chi connectivity index (χ2n) is 4.03. The van der Waals surface area contributed by atoms with E-state index in [9.17, 15) is 8.42 Å². The molecule has 0 aliphatic carbocycles. The molecule has 1 aromatic carbocycles. The second kappa shape index (κ2) is 5.79. The molecule has 1 heterocycles. The van der Waals surface area contributed by atoms with Gasteiger partial charge in [-0.05, 0) is 24.6 Å². The molecule has 0 spiro atoms. The van der Waals surface area contributed by atoms with Crippen LogP contribution in [0.3, 0.4) is 0 Å². The van der Waals surface area contributed by atoms with E-state index >= 15 is 0 Å². The van der Waals surface area contributed by atoms with Crippen molar-refractivity contribution >= 4 is 21.4 Å². The van der Waals surface area contributed by atoms with Gasteiger partial charge in [-0.3, -0.25) is 0 Å². The van der Waals surface area contributed by atoms with Crippen LogP contribution in [0.25, 0.3) is 0 Å². The van der Waals surface area contributed by atoms with Gasteiger partial charge in [-0.2, -0.15) is 0 Å². The lowest BCUT2D eigenvalue weighted by molar-refractivity contribution is 0.580. The molecule has 3 N–H and O–H groups in total. The minimum absolute atomic E-state index is 0.194. The lowest BCUT2D eigenvalue weighted by Gasteiger charge is -2.06. The number of thiazole rings is 1. The van der Waals surface area contributed by atoms with Crippen molar-refractivity contribution in [2.24, 2.45) is 5.73 Å². The van der Waals surface area contributed by atoms with Gasteiger partial charge in [0, 0.05) is 11.9 Å². The van der Waals surface area contributed by atoms with Crippen LogP contribution in [0.1, 0.15) is 16.3 Å². The highest BCUT2D eigenvalue weighted by molar-refractivity contribution is 7.89. The molecule has 102 valence electrons. The molecule has 7 heteroatoms. The van der Waals surface area contributed by atoms with Gasteiger partial charge in [-0.25, -0.2) is 18.1 Å². The summed E-state index contributed by atoms with van der Waals surface area (Å²) in [5, 5.41) is 2.76. The zero-order chi connectivity index (χ0) is 13.9. The number of nitrogens with one attached hydrogen (secondary N) is 1. The summed E-state index contributed by atoms with van der Waals surface area (Å²) in [6.07, 6.45) is 0. The van der Waals surface area contributed by atoms with Crippen LogP contribution in [0.4, 0.5) is 0 Å². The Bertz CT molecular complexity index is 665. The molecular weight excluding hydrogens is 282 g/mol. The van der Waals surface area contributed by atoms with Crippen LogP contribution in [-0.2, 0) is 23.1 Å². The van der Waals surface area contributed by atoms with Gasteiger partial charge in [-0.1, -0.05) is 12.1 Å². The molecule has 0 bridgehead atoms. The number of sulfonamides is 1. The fraction of sp³-hybridized carbons (Fsp3) is 0.250. The van der Waals surface area contributed by atoms with Crippen molar-refractivity contribution in [3.05, 3.63) is 45.9 Å². The summed E-state index contributed by atoms with van der Waals surface area (Å²) in [5.74, 6) is 0. The molecule has 0 aliphatic rings. The monoisotopic (exact) mass is 297 g/mol. The number of rotatable bonds is 5. The molecule has 19 heavy (non-hydrogen) atoms. The molecule has 1 aromatic heterocycles. The standard InChI is InChI=1S/C12H15N3O2S2/c1-9-15-11(8-18-9)7-14-19(16,17)12-4-2-3-10(5-12)6-13/h2-5,8,14H,6-7,13H2,1H3. The van der Waals surface area contributed by atoms with Gasteiger partial charge in [-0.15, -0.1) is 11.3 Å². The molecule has 0 radical (unpaired) electrons. The zero-order valence-corrected chi connectivity index (χ0v) is 12.1. The molecular formula is C12H15N3O2S2. The number of hydrogen-bond acceptors (Lipinski definition) is 5. The molecule has 0 unspecified atom stereocenters. The minimum Gasteiger partial charge on any atom is -0.326 e. The van der Waals surface area contributed by atoms with Crippen molar-refractivity contribution in [3.63, 3.8) is 0 Å². The summed E-state index contributed by atoms with van der Waals surface area (Å²) in [5.41, 5.74) is 7.01. The molecule has 2 aromatic rings. The lowest BCUT2D eigenvalue weighted by Crippen LogP contribution is -2.23. The Morgan fingerprint density at radius 3 is 2.84 bits per heavy atom. The maximum atomic E-state index is 12.1. The normalized spacial score (nSPS) is 11.7. The van der Waals surface area contributed by atoms with E-state index in [1.807, 2.05) is 12.3 Å². The zero-order valence-electron chi connectivity index (χ0n) is 10.5. The third-order valence-corrected chi connectivity index (χ3v) is 4.78. The van der Waals surface area contributed by atoms with E-state index in [1.165, 1.54) is 11.3 Å². The first-order valence-corrected chi connectivity index (χ1v) is 8.07. The first kappa shape index (κ1) is 14.1. The van der Waals surface area contributed by atoms with Crippen LogP contribution in [0, 0.1) is 6.92 Å². The predicted molar refractivity (Wildman–Crippen MR) is 75.2 cm³/mol. The summed E-state index contributed by atoms with van der Waals surface area (Å²) in [4.78, 5) is 4.44. The number of hydrogen-bond donors (Lipinski definition) is 2. The third-order valence-electron chi connectivity index (χ3n) is 2.55. The number of benzene rings is 1. The Morgan fingerprint density at radius 1 is 1.42 bits per heavy atom. The van der Waals surface area contributed by atoms with E-state index in [0.717, 1.165) is 16.3 Å². The molecule has 2 rings (SSSR count). The van der Waals surface area contributed by atoms with Gasteiger partial charge in [0.15, 0.2) is 0 Å². The first-order valence-electron chi connectivity index (χ1n) is 5.71. The lowest BCUT2D eigenvalue weighted by atomic mass is 10.2. The van der Waals surface area contributed by atoms with Crippen molar-refractivity contribution in [2.75, 3.05) is 0 Å². The molecule has 0 amide bonds. The van der Waals surface area contributed by atoms with Gasteiger partial charge in [0.25, 0.3) is 0 Å². The smallest absolute Gasteiger partial charge is 0.240 e. The topological polar surface area (TPSA) is 85.1 Å². The molecule has 5 nitrogen and oxygen atoms in total. The van der Waals surface area contributed by atoms with Crippen molar-refractivity contribution in [1.82, 2.24) is 9.71 Å². The molecule has 0 saturated carbocycles. The predicted octanol–water partition coefficient (Wildman–Crippen LogP) is 1.39. The maximum absolute atomic E-state index is 12.1. The summed E-state index contributed by atoms with van der Waals surface area (Å²) in [6.45, 7) is 2.39. The van der Waals surface area contributed by atoms with Crippen LogP contribution < -0.4 is 10.5 Å². The average molecular weight is 297 g/mol. The summed E-state index contributed by atoms with van der Waals surface area (Å²) in [6, 6.07) is 6.61. The van der Waals surface area contributed by atoms with Crippen molar-refractivity contribution in [2.45, 2.75) is 24.9 Å². The van der Waals surface area contributed by atoms with E-state index in [4.69, 9.17) is 5.73 Å². The number of aryl methyl sites for hydroxylation is 1. The Hall–Kier alpha value is -1.28. The SMILES string of the molecule is Cc1nc(CNS(=O)(=O)c2cccc(CN)c2)cs1. The summed E-state index contributed by atoms with van der Waals surface area (Å²) < 4.78 is 26.7. The largest absolute Gasteiger partial charge is 0.326 e. The summed E-state index contributed by atoms with van der Waals surface area (Å²) in [7, 11) is -3.52. The van der Waals surface area contributed by atoms with Gasteiger partial charge < -0.3 is 5.73 Å². The van der Waals surface area contributed by atoms with E-state index in [-0.39, 0.29) is 11.4 Å². The quantitative estimate of drug-likeness (QED) is 0.873. The highest BCUT2D eigenvalue weighted by Crippen LogP contribution is 2.13. The number of nitrogens with two attached hydrogens (primary N) is 1. The third kappa shape index (κ3) is 3.60. The van der Waals surface area contributed by atoms with Crippen molar-refractivity contribution < 1.29 is 8.42 Å². The Labute approximate surface area is 116 Å².